The van der Waals surface area contributed by atoms with Crippen LogP contribution in [0.15, 0.2) is 36.4 Å². The maximum Gasteiger partial charge on any atom is 0.407 e. The van der Waals surface area contributed by atoms with E-state index in [-0.39, 0.29) is 18.1 Å². The van der Waals surface area contributed by atoms with E-state index in [1.54, 1.807) is 6.92 Å². The molecule has 214 valence electrons. The zero-order valence-corrected chi connectivity index (χ0v) is 23.3. The normalized spacial score (nSPS) is 13.5. The molecule has 0 unspecified atom stereocenters. The van der Waals surface area contributed by atoms with Crippen LogP contribution in [0.3, 0.4) is 0 Å². The fourth-order valence-electron chi connectivity index (χ4n) is 3.98. The fraction of sp³-hybridized carbons (Fsp3) is 0.429. The number of benzene rings is 1. The van der Waals surface area contributed by atoms with Crippen molar-refractivity contribution in [3.8, 4) is 0 Å². The molecular weight excluding hydrogens is 514 g/mol. The number of carbonyl (C=O) groups is 4. The average molecular weight is 552 g/mol. The van der Waals surface area contributed by atoms with Crippen LogP contribution >= 0.6 is 0 Å². The van der Waals surface area contributed by atoms with Gasteiger partial charge in [-0.05, 0) is 50.3 Å². The van der Waals surface area contributed by atoms with Crippen molar-refractivity contribution < 1.29 is 24.3 Å². The van der Waals surface area contributed by atoms with Gasteiger partial charge < -0.3 is 31.3 Å². The number of hydrogen-bond acceptors (Lipinski definition) is 7. The van der Waals surface area contributed by atoms with Crippen molar-refractivity contribution in [3.05, 3.63) is 59.1 Å². The van der Waals surface area contributed by atoms with Crippen molar-refractivity contribution in [2.75, 3.05) is 32.5 Å². The standard InChI is InChI=1S/C28H37N7O5/c1-5-21-23(19-11-12-19)33-26(24(32-21)25(29)37)31-20-9-6-8-18(16-20)13-14-30-27(38)17(2)35(4)22(36)10-7-15-34(3)28(39)40/h6-10,16-17,19H,5,11-15H2,1-4H3,(H2,29,37)(H,30,38)(H,31,33)(H,39,40)/b10-7+/t17-/m0/s1. The van der Waals surface area contributed by atoms with Crippen molar-refractivity contribution in [1.82, 2.24) is 25.1 Å². The molecule has 0 spiro atoms. The third-order valence-corrected chi connectivity index (χ3v) is 6.71. The number of rotatable bonds is 13. The number of carbonyl (C=O) groups excluding carboxylic acids is 3. The summed E-state index contributed by atoms with van der Waals surface area (Å²) in [5.74, 6) is -0.665. The third-order valence-electron chi connectivity index (χ3n) is 6.71. The molecule has 40 heavy (non-hydrogen) atoms. The number of aryl methyl sites for hydroxylation is 1. The van der Waals surface area contributed by atoms with Crippen molar-refractivity contribution in [3.63, 3.8) is 0 Å². The number of aromatic nitrogens is 2. The highest BCUT2D eigenvalue weighted by Crippen LogP contribution is 2.41. The lowest BCUT2D eigenvalue weighted by Gasteiger charge is -2.23. The molecule has 12 heteroatoms. The van der Waals surface area contributed by atoms with Crippen LogP contribution < -0.4 is 16.4 Å². The summed E-state index contributed by atoms with van der Waals surface area (Å²) in [4.78, 5) is 59.4. The molecule has 5 N–H and O–H groups in total. The van der Waals surface area contributed by atoms with Crippen LogP contribution in [0, 0.1) is 0 Å². The number of nitrogens with two attached hydrogens (primary N) is 1. The minimum atomic E-state index is -1.10. The fourth-order valence-corrected chi connectivity index (χ4v) is 3.98. The molecule has 0 radical (unpaired) electrons. The van der Waals surface area contributed by atoms with Gasteiger partial charge in [-0.3, -0.25) is 14.4 Å². The Hall–Kier alpha value is -4.48. The largest absolute Gasteiger partial charge is 0.465 e. The minimum Gasteiger partial charge on any atom is -0.465 e. The Morgan fingerprint density at radius 2 is 1.93 bits per heavy atom. The number of likely N-dealkylation sites (N-methyl/N-ethyl adjacent to an activating group) is 2. The number of amides is 4. The van der Waals surface area contributed by atoms with Crippen LogP contribution in [0.1, 0.15) is 60.0 Å². The molecule has 4 amide bonds. The summed E-state index contributed by atoms with van der Waals surface area (Å²) in [6.45, 7) is 4.00. The first-order valence-corrected chi connectivity index (χ1v) is 13.2. The summed E-state index contributed by atoms with van der Waals surface area (Å²) in [6, 6.07) is 6.82. The molecule has 0 saturated heterocycles. The Bertz CT molecular complexity index is 1290. The van der Waals surface area contributed by atoms with Crippen molar-refractivity contribution in [2.45, 2.75) is 51.5 Å². The molecular formula is C28H37N7O5. The van der Waals surface area contributed by atoms with Crippen molar-refractivity contribution in [1.29, 1.82) is 0 Å². The zero-order valence-electron chi connectivity index (χ0n) is 23.3. The Kier molecular flexibility index (Phi) is 10.2. The van der Waals surface area contributed by atoms with E-state index in [1.807, 2.05) is 31.2 Å². The van der Waals surface area contributed by atoms with Crippen LogP contribution in [-0.4, -0.2) is 81.9 Å². The number of primary amides is 1. The van der Waals surface area contributed by atoms with Gasteiger partial charge in [0.25, 0.3) is 5.91 Å². The number of hydrogen-bond donors (Lipinski definition) is 4. The summed E-state index contributed by atoms with van der Waals surface area (Å²) < 4.78 is 0. The Labute approximate surface area is 233 Å². The predicted octanol–water partition coefficient (Wildman–Crippen LogP) is 2.43. The monoisotopic (exact) mass is 551 g/mol. The van der Waals surface area contributed by atoms with Gasteiger partial charge in [0.15, 0.2) is 11.5 Å². The summed E-state index contributed by atoms with van der Waals surface area (Å²) in [5.41, 5.74) is 9.07. The van der Waals surface area contributed by atoms with E-state index >= 15 is 0 Å². The molecule has 1 fully saturated rings. The van der Waals surface area contributed by atoms with E-state index < -0.39 is 23.9 Å². The van der Waals surface area contributed by atoms with Crippen LogP contribution in [0.2, 0.25) is 0 Å². The van der Waals surface area contributed by atoms with Crippen LogP contribution in [0.25, 0.3) is 0 Å². The van der Waals surface area contributed by atoms with E-state index in [2.05, 4.69) is 15.6 Å². The first kappa shape index (κ1) is 30.1. The predicted molar refractivity (Wildman–Crippen MR) is 150 cm³/mol. The highest BCUT2D eigenvalue weighted by atomic mass is 16.4. The number of nitrogens with zero attached hydrogens (tertiary/aromatic N) is 4. The van der Waals surface area contributed by atoms with Crippen LogP contribution in [0.4, 0.5) is 16.3 Å². The molecule has 0 bridgehead atoms. The second-order valence-electron chi connectivity index (χ2n) is 9.80. The Balaban J connectivity index is 1.57. The maximum absolute atomic E-state index is 12.6. The Morgan fingerprint density at radius 3 is 2.55 bits per heavy atom. The lowest BCUT2D eigenvalue weighted by Crippen LogP contribution is -2.45. The summed E-state index contributed by atoms with van der Waals surface area (Å²) in [6.07, 6.45) is 4.90. The SMILES string of the molecule is CCc1nc(C(N)=O)c(Nc2cccc(CCNC(=O)[C@H](C)N(C)C(=O)/C=C/CN(C)C(=O)O)c2)nc1C1CC1. The molecule has 1 aromatic carbocycles. The van der Waals surface area contributed by atoms with Gasteiger partial charge in [0, 0.05) is 44.9 Å². The summed E-state index contributed by atoms with van der Waals surface area (Å²) in [7, 11) is 2.90. The van der Waals surface area contributed by atoms with Crippen LogP contribution in [0.5, 0.6) is 0 Å². The first-order chi connectivity index (χ1) is 19.0. The molecule has 1 atom stereocenters. The molecule has 12 nitrogen and oxygen atoms in total. The number of nitrogens with one attached hydrogen (secondary N) is 2. The second kappa shape index (κ2) is 13.5. The first-order valence-electron chi connectivity index (χ1n) is 13.2. The van der Waals surface area contributed by atoms with Gasteiger partial charge in [-0.1, -0.05) is 25.1 Å². The topological polar surface area (TPSA) is 171 Å². The van der Waals surface area contributed by atoms with E-state index in [9.17, 15) is 19.2 Å². The highest BCUT2D eigenvalue weighted by molar-refractivity contribution is 5.96. The molecule has 1 saturated carbocycles. The smallest absolute Gasteiger partial charge is 0.407 e. The Morgan fingerprint density at radius 1 is 1.20 bits per heavy atom. The van der Waals surface area contributed by atoms with Gasteiger partial charge in [-0.25, -0.2) is 14.8 Å². The third kappa shape index (κ3) is 8.01. The van der Waals surface area contributed by atoms with E-state index in [4.69, 9.17) is 15.8 Å². The van der Waals surface area contributed by atoms with Gasteiger partial charge >= 0.3 is 6.09 Å². The molecule has 1 aromatic heterocycles. The lowest BCUT2D eigenvalue weighted by molar-refractivity contribution is -0.135. The van der Waals surface area contributed by atoms with Crippen molar-refractivity contribution >= 4 is 35.3 Å². The minimum absolute atomic E-state index is 0.0611. The molecule has 3 rings (SSSR count). The number of carboxylic acid groups (broad SMARTS) is 1. The lowest BCUT2D eigenvalue weighted by atomic mass is 10.1. The molecule has 1 aliphatic rings. The van der Waals surface area contributed by atoms with Gasteiger partial charge in [-0.2, -0.15) is 0 Å². The van der Waals surface area contributed by atoms with E-state index in [0.717, 1.165) is 34.7 Å². The van der Waals surface area contributed by atoms with Gasteiger partial charge in [0.05, 0.1) is 11.4 Å². The second-order valence-corrected chi connectivity index (χ2v) is 9.80. The average Bonchev–Trinajstić information content (AvgIpc) is 3.77. The molecule has 1 aliphatic carbocycles. The van der Waals surface area contributed by atoms with Gasteiger partial charge in [-0.15, -0.1) is 0 Å². The van der Waals surface area contributed by atoms with Crippen LogP contribution in [-0.2, 0) is 22.4 Å². The highest BCUT2D eigenvalue weighted by Gasteiger charge is 2.30. The zero-order chi connectivity index (χ0) is 29.4. The van der Waals surface area contributed by atoms with E-state index in [1.165, 1.54) is 31.1 Å². The summed E-state index contributed by atoms with van der Waals surface area (Å²) in [5, 5.41) is 14.9. The quantitative estimate of drug-likeness (QED) is 0.275. The maximum atomic E-state index is 12.6. The van der Waals surface area contributed by atoms with Gasteiger partial charge in [0.1, 0.15) is 6.04 Å². The molecule has 1 heterocycles. The summed E-state index contributed by atoms with van der Waals surface area (Å²) >= 11 is 0. The van der Waals surface area contributed by atoms with Crippen molar-refractivity contribution in [2.24, 2.45) is 5.73 Å². The molecule has 0 aliphatic heterocycles. The number of anilines is 2. The van der Waals surface area contributed by atoms with Gasteiger partial charge in [0.2, 0.25) is 11.8 Å². The molecule has 2 aromatic rings. The van der Waals surface area contributed by atoms with E-state index in [0.29, 0.717) is 36.8 Å².